The SMILES string of the molecule is O=C(O)c1cn(Cc2cccc(Br)c2)c2ccccc12. The van der Waals surface area contributed by atoms with E-state index in [-0.39, 0.29) is 0 Å². The third kappa shape index (κ3) is 2.34. The van der Waals surface area contributed by atoms with Crippen LogP contribution in [0.3, 0.4) is 0 Å². The van der Waals surface area contributed by atoms with Gasteiger partial charge in [-0.1, -0.05) is 46.3 Å². The van der Waals surface area contributed by atoms with E-state index in [1.54, 1.807) is 6.20 Å². The molecule has 0 aliphatic heterocycles. The average Bonchev–Trinajstić information content (AvgIpc) is 2.78. The molecule has 0 spiro atoms. The monoisotopic (exact) mass is 329 g/mol. The summed E-state index contributed by atoms with van der Waals surface area (Å²) in [6.45, 7) is 0.646. The normalized spacial score (nSPS) is 10.8. The van der Waals surface area contributed by atoms with Gasteiger partial charge in [0.25, 0.3) is 0 Å². The number of nitrogens with zero attached hydrogens (tertiary/aromatic N) is 1. The molecule has 3 rings (SSSR count). The van der Waals surface area contributed by atoms with E-state index < -0.39 is 5.97 Å². The van der Waals surface area contributed by atoms with Crippen LogP contribution in [-0.4, -0.2) is 15.6 Å². The summed E-state index contributed by atoms with van der Waals surface area (Å²) in [5.74, 6) is -0.894. The summed E-state index contributed by atoms with van der Waals surface area (Å²) in [5, 5.41) is 10.1. The van der Waals surface area contributed by atoms with Crippen molar-refractivity contribution in [3.05, 3.63) is 70.3 Å². The van der Waals surface area contributed by atoms with Crippen molar-refractivity contribution in [3.63, 3.8) is 0 Å². The summed E-state index contributed by atoms with van der Waals surface area (Å²) >= 11 is 3.45. The number of halogens is 1. The Morgan fingerprint density at radius 1 is 1.15 bits per heavy atom. The first-order valence-electron chi connectivity index (χ1n) is 6.21. The molecule has 0 bridgehead atoms. The van der Waals surface area contributed by atoms with Crippen LogP contribution >= 0.6 is 15.9 Å². The van der Waals surface area contributed by atoms with Crippen molar-refractivity contribution in [1.82, 2.24) is 4.57 Å². The Kier molecular flexibility index (Phi) is 3.32. The summed E-state index contributed by atoms with van der Waals surface area (Å²) in [6.07, 6.45) is 1.70. The maximum Gasteiger partial charge on any atom is 0.337 e. The standard InChI is InChI=1S/C16H12BrNO2/c17-12-5-3-4-11(8-12)9-18-10-14(16(19)20)13-6-1-2-7-15(13)18/h1-8,10H,9H2,(H,19,20). The molecule has 100 valence electrons. The minimum atomic E-state index is -0.894. The Morgan fingerprint density at radius 3 is 2.70 bits per heavy atom. The molecule has 1 N–H and O–H groups in total. The van der Waals surface area contributed by atoms with E-state index in [0.717, 1.165) is 20.9 Å². The Hall–Kier alpha value is -2.07. The number of hydrogen-bond acceptors (Lipinski definition) is 1. The highest BCUT2D eigenvalue weighted by Crippen LogP contribution is 2.23. The van der Waals surface area contributed by atoms with Gasteiger partial charge in [-0.25, -0.2) is 4.79 Å². The minimum absolute atomic E-state index is 0.343. The fourth-order valence-electron chi connectivity index (χ4n) is 2.38. The molecule has 0 unspecified atom stereocenters. The fourth-order valence-corrected chi connectivity index (χ4v) is 2.83. The second kappa shape index (κ2) is 5.13. The van der Waals surface area contributed by atoms with Gasteiger partial charge in [-0.2, -0.15) is 0 Å². The van der Waals surface area contributed by atoms with Gasteiger partial charge in [-0.15, -0.1) is 0 Å². The molecule has 4 heteroatoms. The highest BCUT2D eigenvalue weighted by atomic mass is 79.9. The number of benzene rings is 2. The summed E-state index contributed by atoms with van der Waals surface area (Å²) < 4.78 is 2.99. The van der Waals surface area contributed by atoms with Crippen LogP contribution in [0.25, 0.3) is 10.9 Å². The zero-order valence-corrected chi connectivity index (χ0v) is 12.2. The van der Waals surface area contributed by atoms with Gasteiger partial charge in [0, 0.05) is 28.1 Å². The first-order chi connectivity index (χ1) is 9.65. The van der Waals surface area contributed by atoms with Crippen LogP contribution in [0.4, 0.5) is 0 Å². The smallest absolute Gasteiger partial charge is 0.337 e. The van der Waals surface area contributed by atoms with Gasteiger partial charge >= 0.3 is 5.97 Å². The zero-order chi connectivity index (χ0) is 14.1. The summed E-state index contributed by atoms with van der Waals surface area (Å²) in [5.41, 5.74) is 2.40. The van der Waals surface area contributed by atoms with Crippen molar-refractivity contribution in [3.8, 4) is 0 Å². The topological polar surface area (TPSA) is 42.2 Å². The zero-order valence-electron chi connectivity index (χ0n) is 10.6. The number of para-hydroxylation sites is 1. The number of carbonyl (C=O) groups is 1. The molecular weight excluding hydrogens is 318 g/mol. The molecule has 3 nitrogen and oxygen atoms in total. The van der Waals surface area contributed by atoms with Gasteiger partial charge in [-0.3, -0.25) is 0 Å². The van der Waals surface area contributed by atoms with E-state index in [4.69, 9.17) is 0 Å². The minimum Gasteiger partial charge on any atom is -0.478 e. The highest BCUT2D eigenvalue weighted by molar-refractivity contribution is 9.10. The molecule has 3 aromatic rings. The molecule has 2 aromatic carbocycles. The van der Waals surface area contributed by atoms with Crippen molar-refractivity contribution in [2.75, 3.05) is 0 Å². The van der Waals surface area contributed by atoms with Crippen molar-refractivity contribution < 1.29 is 9.90 Å². The van der Waals surface area contributed by atoms with Gasteiger partial charge in [0.15, 0.2) is 0 Å². The van der Waals surface area contributed by atoms with Crippen LogP contribution in [0.2, 0.25) is 0 Å². The van der Waals surface area contributed by atoms with Crippen LogP contribution < -0.4 is 0 Å². The molecule has 0 saturated carbocycles. The Labute approximate surface area is 124 Å². The van der Waals surface area contributed by atoms with Crippen molar-refractivity contribution in [1.29, 1.82) is 0 Å². The van der Waals surface area contributed by atoms with E-state index in [2.05, 4.69) is 15.9 Å². The van der Waals surface area contributed by atoms with Crippen LogP contribution in [0.1, 0.15) is 15.9 Å². The predicted octanol–water partition coefficient (Wildman–Crippen LogP) is 4.15. The summed E-state index contributed by atoms with van der Waals surface area (Å²) in [7, 11) is 0. The Balaban J connectivity index is 2.10. The van der Waals surface area contributed by atoms with Gasteiger partial charge < -0.3 is 9.67 Å². The van der Waals surface area contributed by atoms with Gasteiger partial charge in [-0.05, 0) is 23.8 Å². The molecular formula is C16H12BrNO2. The van der Waals surface area contributed by atoms with Crippen LogP contribution in [0.15, 0.2) is 59.2 Å². The summed E-state index contributed by atoms with van der Waals surface area (Å²) in [4.78, 5) is 11.3. The molecule has 1 aromatic heterocycles. The van der Waals surface area contributed by atoms with Crippen molar-refractivity contribution in [2.45, 2.75) is 6.54 Å². The number of carboxylic acids is 1. The molecule has 0 amide bonds. The maximum atomic E-state index is 11.3. The second-order valence-electron chi connectivity index (χ2n) is 4.62. The molecule has 0 aliphatic carbocycles. The third-order valence-corrected chi connectivity index (χ3v) is 3.75. The molecule has 0 atom stereocenters. The number of hydrogen-bond donors (Lipinski definition) is 1. The predicted molar refractivity (Wildman–Crippen MR) is 82.1 cm³/mol. The number of fused-ring (bicyclic) bond motifs is 1. The lowest BCUT2D eigenvalue weighted by atomic mass is 10.2. The van der Waals surface area contributed by atoms with Gasteiger partial charge in [0.05, 0.1) is 5.56 Å². The van der Waals surface area contributed by atoms with Crippen molar-refractivity contribution in [2.24, 2.45) is 0 Å². The van der Waals surface area contributed by atoms with Gasteiger partial charge in [0.1, 0.15) is 0 Å². The molecule has 1 heterocycles. The number of aromatic carboxylic acids is 1. The van der Waals surface area contributed by atoms with Crippen molar-refractivity contribution >= 4 is 32.8 Å². The molecule has 0 radical (unpaired) electrons. The summed E-state index contributed by atoms with van der Waals surface area (Å²) in [6, 6.07) is 15.6. The average molecular weight is 330 g/mol. The number of carboxylic acid groups (broad SMARTS) is 1. The Morgan fingerprint density at radius 2 is 1.95 bits per heavy atom. The quantitative estimate of drug-likeness (QED) is 0.784. The van der Waals surface area contributed by atoms with E-state index in [1.165, 1.54) is 0 Å². The number of rotatable bonds is 3. The molecule has 0 fully saturated rings. The first-order valence-corrected chi connectivity index (χ1v) is 7.00. The lowest BCUT2D eigenvalue weighted by Gasteiger charge is -2.05. The van der Waals surface area contributed by atoms with E-state index >= 15 is 0 Å². The third-order valence-electron chi connectivity index (χ3n) is 3.26. The van der Waals surface area contributed by atoms with Gasteiger partial charge in [0.2, 0.25) is 0 Å². The van der Waals surface area contributed by atoms with E-state index in [1.807, 2.05) is 53.1 Å². The van der Waals surface area contributed by atoms with Crippen LogP contribution in [0.5, 0.6) is 0 Å². The molecule has 20 heavy (non-hydrogen) atoms. The van der Waals surface area contributed by atoms with Crippen LogP contribution in [-0.2, 0) is 6.54 Å². The highest BCUT2D eigenvalue weighted by Gasteiger charge is 2.13. The Bertz CT molecular complexity index is 792. The van der Waals surface area contributed by atoms with E-state index in [9.17, 15) is 9.90 Å². The molecule has 0 aliphatic rings. The lowest BCUT2D eigenvalue weighted by Crippen LogP contribution is -1.98. The van der Waals surface area contributed by atoms with Crippen LogP contribution in [0, 0.1) is 0 Å². The van der Waals surface area contributed by atoms with E-state index in [0.29, 0.717) is 12.1 Å². The fraction of sp³-hybridized carbons (Fsp3) is 0.0625. The number of aromatic nitrogens is 1. The maximum absolute atomic E-state index is 11.3. The second-order valence-corrected chi connectivity index (χ2v) is 5.54. The lowest BCUT2D eigenvalue weighted by molar-refractivity contribution is 0.0699. The largest absolute Gasteiger partial charge is 0.478 e. The first kappa shape index (κ1) is 12.9. The molecule has 0 saturated heterocycles.